The molecule has 2 aliphatic rings. The number of nitrogens with zero attached hydrogens (tertiary/aromatic N) is 4. The second-order valence-electron chi connectivity index (χ2n) is 15.4. The molecule has 3 aromatic carbocycles. The lowest BCUT2D eigenvalue weighted by Crippen LogP contribution is -2.30. The minimum atomic E-state index is -0.209. The van der Waals surface area contributed by atoms with Gasteiger partial charge >= 0.3 is 0 Å². The van der Waals surface area contributed by atoms with Gasteiger partial charge in [-0.3, -0.25) is 19.8 Å². The Kier molecular flexibility index (Phi) is 15.1. The van der Waals surface area contributed by atoms with E-state index < -0.39 is 0 Å². The highest BCUT2D eigenvalue weighted by Gasteiger charge is 2.18. The third-order valence-corrected chi connectivity index (χ3v) is 10.9. The average Bonchev–Trinajstić information content (AvgIpc) is 3.22. The van der Waals surface area contributed by atoms with Gasteiger partial charge in [-0.2, -0.15) is 0 Å². The molecule has 8 nitrogen and oxygen atoms in total. The first-order valence-electron chi connectivity index (χ1n) is 20.7. The maximum atomic E-state index is 14.1. The van der Waals surface area contributed by atoms with Crippen LogP contribution in [-0.4, -0.2) is 72.1 Å². The van der Waals surface area contributed by atoms with Crippen LogP contribution in [-0.2, 0) is 39.3 Å². The number of fused-ring (bicyclic) bond motifs is 4. The first kappa shape index (κ1) is 39.9. The molecule has 0 fully saturated rings. The fourth-order valence-electron chi connectivity index (χ4n) is 7.95. The van der Waals surface area contributed by atoms with Crippen molar-refractivity contribution in [1.82, 2.24) is 41.0 Å². The van der Waals surface area contributed by atoms with Gasteiger partial charge in [-0.1, -0.05) is 72.8 Å². The van der Waals surface area contributed by atoms with Crippen LogP contribution >= 0.6 is 0 Å². The molecule has 0 atom stereocenters. The SMILES string of the molecule is Fc1ccc(C(c2ccc(CN3CCCNCc4cccc(n4)CNCCC3)cc2)c2ccc(CN3CCCNCc4cccc(n4)CNCCC3)cc2)cc1. The zero-order valence-corrected chi connectivity index (χ0v) is 32.9. The summed E-state index contributed by atoms with van der Waals surface area (Å²) in [5.74, 6) is -0.194. The quantitative estimate of drug-likeness (QED) is 0.136. The maximum Gasteiger partial charge on any atom is 0.123 e. The molecule has 9 heteroatoms. The van der Waals surface area contributed by atoms with Crippen LogP contribution in [0.25, 0.3) is 0 Å². The Morgan fingerprint density at radius 2 is 0.768 bits per heavy atom. The Morgan fingerprint density at radius 3 is 1.11 bits per heavy atom. The predicted molar refractivity (Wildman–Crippen MR) is 225 cm³/mol. The van der Waals surface area contributed by atoms with Crippen molar-refractivity contribution in [3.8, 4) is 0 Å². The van der Waals surface area contributed by atoms with Crippen LogP contribution in [0.4, 0.5) is 4.39 Å². The molecule has 5 aromatic rings. The number of aromatic nitrogens is 2. The molecular formula is C47H59FN8. The van der Waals surface area contributed by atoms with Gasteiger partial charge in [0.2, 0.25) is 0 Å². The molecule has 0 amide bonds. The summed E-state index contributed by atoms with van der Waals surface area (Å²) in [6.45, 7) is 13.1. The molecule has 0 saturated carbocycles. The third-order valence-electron chi connectivity index (χ3n) is 10.9. The Bertz CT molecular complexity index is 1720. The molecule has 0 radical (unpaired) electrons. The van der Waals surface area contributed by atoms with Crippen LogP contribution in [0.2, 0.25) is 0 Å². The van der Waals surface area contributed by atoms with Gasteiger partial charge in [-0.15, -0.1) is 0 Å². The largest absolute Gasteiger partial charge is 0.311 e. The summed E-state index contributed by atoms with van der Waals surface area (Å²) in [4.78, 5) is 14.7. The molecule has 4 bridgehead atoms. The molecular weight excluding hydrogens is 696 g/mol. The van der Waals surface area contributed by atoms with Crippen molar-refractivity contribution in [3.05, 3.63) is 166 Å². The van der Waals surface area contributed by atoms with Gasteiger partial charge in [0, 0.05) is 45.2 Å². The van der Waals surface area contributed by atoms with Gasteiger partial charge in [0.1, 0.15) is 5.82 Å². The van der Waals surface area contributed by atoms with Crippen molar-refractivity contribution in [1.29, 1.82) is 0 Å². The number of halogens is 1. The molecule has 0 unspecified atom stereocenters. The van der Waals surface area contributed by atoms with E-state index >= 15 is 0 Å². The smallest absolute Gasteiger partial charge is 0.123 e. The van der Waals surface area contributed by atoms with Crippen LogP contribution in [0.3, 0.4) is 0 Å². The molecule has 2 aliphatic heterocycles. The van der Waals surface area contributed by atoms with Gasteiger partial charge in [0.15, 0.2) is 0 Å². The number of benzene rings is 3. The zero-order chi connectivity index (χ0) is 38.2. The highest BCUT2D eigenvalue weighted by Crippen LogP contribution is 2.33. The normalized spacial score (nSPS) is 17.5. The molecule has 4 heterocycles. The summed E-state index contributed by atoms with van der Waals surface area (Å²) >= 11 is 0. The van der Waals surface area contributed by atoms with Crippen LogP contribution in [0.15, 0.2) is 109 Å². The number of pyridine rings is 2. The van der Waals surface area contributed by atoms with E-state index in [-0.39, 0.29) is 11.7 Å². The highest BCUT2D eigenvalue weighted by atomic mass is 19.1. The lowest BCUT2D eigenvalue weighted by Gasteiger charge is -2.24. The standard InChI is InChI=1S/C47H59FN8/c48-42-21-19-41(20-22-42)47(39-15-11-37(12-16-39)35-55-27-3-23-49-31-43-7-1-8-44(53-43)32-50-24-4-28-55)40-17-13-38(14-18-40)36-56-29-5-25-51-33-45-9-2-10-46(54-45)34-52-26-6-30-56/h1-2,7-22,47,49-52H,3-6,23-36H2. The van der Waals surface area contributed by atoms with Gasteiger partial charge < -0.3 is 21.3 Å². The summed E-state index contributed by atoms with van der Waals surface area (Å²) < 4.78 is 14.1. The summed E-state index contributed by atoms with van der Waals surface area (Å²) in [7, 11) is 0. The lowest BCUT2D eigenvalue weighted by molar-refractivity contribution is 0.256. The van der Waals surface area contributed by atoms with Gasteiger partial charge in [-0.25, -0.2) is 4.39 Å². The third kappa shape index (κ3) is 12.3. The molecule has 0 spiro atoms. The fourth-order valence-corrected chi connectivity index (χ4v) is 7.95. The van der Waals surface area contributed by atoms with E-state index in [1.807, 2.05) is 12.1 Å². The van der Waals surface area contributed by atoms with Crippen molar-refractivity contribution in [3.63, 3.8) is 0 Å². The Balaban J connectivity index is 0.990. The molecule has 2 aromatic heterocycles. The molecule has 294 valence electrons. The minimum absolute atomic E-state index is 0.0143. The number of hydrogen-bond acceptors (Lipinski definition) is 8. The van der Waals surface area contributed by atoms with E-state index in [0.29, 0.717) is 0 Å². The van der Waals surface area contributed by atoms with E-state index in [9.17, 15) is 4.39 Å². The highest BCUT2D eigenvalue weighted by molar-refractivity contribution is 5.44. The molecule has 0 saturated heterocycles. The number of nitrogens with one attached hydrogen (secondary N) is 4. The molecule has 0 aliphatic carbocycles. The van der Waals surface area contributed by atoms with E-state index in [0.717, 1.165) is 146 Å². The average molecular weight is 755 g/mol. The fraction of sp³-hybridized carbons (Fsp3) is 0.404. The van der Waals surface area contributed by atoms with E-state index in [2.05, 4.69) is 116 Å². The topological polar surface area (TPSA) is 80.4 Å². The molecule has 4 N–H and O–H groups in total. The summed E-state index contributed by atoms with van der Waals surface area (Å²) in [5.41, 5.74) is 10.6. The predicted octanol–water partition coefficient (Wildman–Crippen LogP) is 6.75. The van der Waals surface area contributed by atoms with Gasteiger partial charge in [-0.05, 0) is 142 Å². The second-order valence-corrected chi connectivity index (χ2v) is 15.4. The number of rotatable bonds is 7. The first-order chi connectivity index (χ1) is 27.6. The maximum absolute atomic E-state index is 14.1. The van der Waals surface area contributed by atoms with Crippen molar-refractivity contribution in [2.24, 2.45) is 0 Å². The Morgan fingerprint density at radius 1 is 0.446 bits per heavy atom. The minimum Gasteiger partial charge on any atom is -0.311 e. The summed E-state index contributed by atoms with van der Waals surface area (Å²) in [6, 6.07) is 37.9. The van der Waals surface area contributed by atoms with Crippen LogP contribution < -0.4 is 21.3 Å². The monoisotopic (exact) mass is 754 g/mol. The van der Waals surface area contributed by atoms with Crippen LogP contribution in [0, 0.1) is 5.82 Å². The summed E-state index contributed by atoms with van der Waals surface area (Å²) in [6.07, 6.45) is 4.36. The van der Waals surface area contributed by atoms with Gasteiger partial charge in [0.05, 0.1) is 22.8 Å². The molecule has 56 heavy (non-hydrogen) atoms. The second kappa shape index (κ2) is 21.3. The lowest BCUT2D eigenvalue weighted by atomic mass is 9.84. The van der Waals surface area contributed by atoms with Crippen LogP contribution in [0.1, 0.15) is 82.2 Å². The first-order valence-corrected chi connectivity index (χ1v) is 20.7. The van der Waals surface area contributed by atoms with E-state index in [1.165, 1.54) is 22.3 Å². The van der Waals surface area contributed by atoms with Crippen molar-refractivity contribution >= 4 is 0 Å². The van der Waals surface area contributed by atoms with Crippen molar-refractivity contribution in [2.75, 3.05) is 52.4 Å². The Labute approximate surface area is 333 Å². The van der Waals surface area contributed by atoms with Crippen molar-refractivity contribution in [2.45, 2.75) is 70.9 Å². The summed E-state index contributed by atoms with van der Waals surface area (Å²) in [5, 5.41) is 14.3. The van der Waals surface area contributed by atoms with E-state index in [4.69, 9.17) is 9.97 Å². The van der Waals surface area contributed by atoms with Gasteiger partial charge in [0.25, 0.3) is 0 Å². The Hall–Kier alpha value is -4.35. The van der Waals surface area contributed by atoms with Crippen molar-refractivity contribution < 1.29 is 4.39 Å². The zero-order valence-electron chi connectivity index (χ0n) is 32.9. The molecule has 7 rings (SSSR count). The van der Waals surface area contributed by atoms with Crippen LogP contribution in [0.5, 0.6) is 0 Å². The van der Waals surface area contributed by atoms with E-state index in [1.54, 1.807) is 12.1 Å². The number of hydrogen-bond donors (Lipinski definition) is 4.